The van der Waals surface area contributed by atoms with Gasteiger partial charge in [-0.15, -0.1) is 0 Å². The summed E-state index contributed by atoms with van der Waals surface area (Å²) >= 11 is 2.10. The zero-order valence-electron chi connectivity index (χ0n) is 7.95. The Balaban J connectivity index is 2.58. The van der Waals surface area contributed by atoms with Gasteiger partial charge in [-0.25, -0.2) is 0 Å². The van der Waals surface area contributed by atoms with Crippen molar-refractivity contribution in [1.82, 2.24) is 0 Å². The Labute approximate surface area is 90.9 Å². The van der Waals surface area contributed by atoms with Crippen molar-refractivity contribution in [2.45, 2.75) is 0 Å². The summed E-state index contributed by atoms with van der Waals surface area (Å²) < 4.78 is 6.98. The number of hydrogen-bond acceptors (Lipinski definition) is 1. The second kappa shape index (κ2) is 2.92. The molecule has 0 saturated heterocycles. The molecule has 62 valence electrons. The van der Waals surface area contributed by atoms with Crippen molar-refractivity contribution in [1.29, 1.82) is 0 Å². The Bertz CT molecular complexity index is 610. The quantitative estimate of drug-likeness (QED) is 0.477. The average Bonchev–Trinajstić information content (AvgIpc) is 2.56. The summed E-state index contributed by atoms with van der Waals surface area (Å²) in [7, 11) is 0. The number of rotatable bonds is 0. The van der Waals surface area contributed by atoms with Crippen molar-refractivity contribution in [2.24, 2.45) is 0 Å². The van der Waals surface area contributed by atoms with E-state index in [1.165, 1.54) is 15.0 Å². The molecule has 0 saturated carbocycles. The van der Waals surface area contributed by atoms with Crippen LogP contribution in [0.25, 0.3) is 21.9 Å². The summed E-state index contributed by atoms with van der Waals surface area (Å²) in [6, 6.07) is 14.4. The van der Waals surface area contributed by atoms with Crippen LogP contribution in [0.3, 0.4) is 0 Å². The molecule has 2 aromatic carbocycles. The summed E-state index contributed by atoms with van der Waals surface area (Å²) in [6.07, 6.45) is 0. The molecule has 1 aromatic heterocycles. The van der Waals surface area contributed by atoms with Crippen LogP contribution in [0.1, 0.15) is 0 Å². The van der Waals surface area contributed by atoms with Crippen LogP contribution in [0.15, 0.2) is 46.9 Å². The molecule has 0 bridgehead atoms. The van der Waals surface area contributed by atoms with Crippen molar-refractivity contribution >= 4 is 43.9 Å². The van der Waals surface area contributed by atoms with Crippen LogP contribution in [-0.2, 0) is 0 Å². The third kappa shape index (κ3) is 1.10. The van der Waals surface area contributed by atoms with Crippen LogP contribution in [0.2, 0.25) is 0 Å². The van der Waals surface area contributed by atoms with E-state index in [0.717, 1.165) is 11.2 Å². The third-order valence-electron chi connectivity index (χ3n) is 2.53. The van der Waals surface area contributed by atoms with E-state index in [9.17, 15) is 0 Å². The van der Waals surface area contributed by atoms with Crippen LogP contribution < -0.4 is 4.24 Å². The zero-order chi connectivity index (χ0) is 9.54. The predicted molar refractivity (Wildman–Crippen MR) is 59.1 cm³/mol. The molecule has 0 fully saturated rings. The second-order valence-electron chi connectivity index (χ2n) is 3.60. The van der Waals surface area contributed by atoms with Crippen molar-refractivity contribution in [3.8, 4) is 0 Å². The van der Waals surface area contributed by atoms with E-state index in [4.69, 9.17) is 4.42 Å². The first-order valence-corrected chi connectivity index (χ1v) is 4.72. The molecule has 1 heterocycles. The first-order valence-electron chi connectivity index (χ1n) is 4.72. The van der Waals surface area contributed by atoms with Gasteiger partial charge < -0.3 is 0 Å². The summed E-state index contributed by atoms with van der Waals surface area (Å²) in [5, 5.41) is 2.41. The molecule has 0 spiro atoms. The first kappa shape index (κ1) is 8.17. The van der Waals surface area contributed by atoms with Gasteiger partial charge in [0.15, 0.2) is 0 Å². The van der Waals surface area contributed by atoms with Crippen LogP contribution in [0, 0.1) is 0 Å². The second-order valence-corrected chi connectivity index (χ2v) is 3.60. The van der Waals surface area contributed by atoms with Gasteiger partial charge in [0.1, 0.15) is 0 Å². The van der Waals surface area contributed by atoms with Crippen LogP contribution in [0.4, 0.5) is 0 Å². The normalized spacial score (nSPS) is 11.3. The van der Waals surface area contributed by atoms with E-state index in [1.54, 1.807) is 0 Å². The molecule has 2 heteroatoms. The Kier molecular flexibility index (Phi) is 1.70. The summed E-state index contributed by atoms with van der Waals surface area (Å²) in [5.41, 5.74) is 1.94. The average molecular weight is 174 g/mol. The van der Waals surface area contributed by atoms with Gasteiger partial charge in [-0.3, -0.25) is 0 Å². The Hall–Kier alpha value is -1.16. The summed E-state index contributed by atoms with van der Waals surface area (Å²) in [5.74, 6) is 0. The molecule has 0 unspecified atom stereocenters. The molecule has 0 radical (unpaired) electrons. The zero-order valence-corrected chi connectivity index (χ0v) is 7.95. The fourth-order valence-electron chi connectivity index (χ4n) is 1.84. The fourth-order valence-corrected chi connectivity index (χ4v) is 1.84. The SMILES string of the molecule is [Li][c]1ccc2oc3ccccc3c2c1. The molecule has 0 N–H and O–H groups in total. The molecule has 0 aliphatic heterocycles. The minimum atomic E-state index is 0.966. The maximum atomic E-state index is 5.71. The molecule has 3 rings (SSSR count). The number of hydrogen-bond donors (Lipinski definition) is 0. The Morgan fingerprint density at radius 2 is 1.64 bits per heavy atom. The molecule has 0 atom stereocenters. The van der Waals surface area contributed by atoms with E-state index < -0.39 is 0 Å². The molecule has 1 nitrogen and oxygen atoms in total. The van der Waals surface area contributed by atoms with Gasteiger partial charge in [-0.2, -0.15) is 0 Å². The molecule has 0 amide bonds. The molecule has 3 aromatic rings. The fraction of sp³-hybridized carbons (Fsp3) is 0. The molecular formula is C12H7LiO. The number of furan rings is 1. The van der Waals surface area contributed by atoms with Gasteiger partial charge in [0, 0.05) is 0 Å². The topological polar surface area (TPSA) is 13.1 Å². The maximum absolute atomic E-state index is 5.71. The number of benzene rings is 2. The van der Waals surface area contributed by atoms with Crippen molar-refractivity contribution in [3.05, 3.63) is 42.5 Å². The van der Waals surface area contributed by atoms with Gasteiger partial charge in [0.2, 0.25) is 0 Å². The molecule has 0 aliphatic rings. The van der Waals surface area contributed by atoms with Crippen molar-refractivity contribution in [3.63, 3.8) is 0 Å². The van der Waals surface area contributed by atoms with Gasteiger partial charge in [0.25, 0.3) is 0 Å². The van der Waals surface area contributed by atoms with E-state index in [-0.39, 0.29) is 0 Å². The number of fused-ring (bicyclic) bond motifs is 3. The van der Waals surface area contributed by atoms with Gasteiger partial charge in [-0.05, 0) is 0 Å². The van der Waals surface area contributed by atoms with Crippen molar-refractivity contribution in [2.75, 3.05) is 0 Å². The number of para-hydroxylation sites is 1. The van der Waals surface area contributed by atoms with E-state index in [1.807, 2.05) is 24.3 Å². The first-order chi connectivity index (χ1) is 6.84. The van der Waals surface area contributed by atoms with Crippen LogP contribution >= 0.6 is 0 Å². The summed E-state index contributed by atoms with van der Waals surface area (Å²) in [4.78, 5) is 0. The molecule has 14 heavy (non-hydrogen) atoms. The van der Waals surface area contributed by atoms with Gasteiger partial charge in [-0.1, -0.05) is 0 Å². The van der Waals surface area contributed by atoms with E-state index >= 15 is 0 Å². The Morgan fingerprint density at radius 3 is 2.57 bits per heavy atom. The molecular weight excluding hydrogens is 167 g/mol. The third-order valence-corrected chi connectivity index (χ3v) is 2.53. The standard InChI is InChI=1S/C12H7O.Li/c1-3-7-11-9(5-1)10-6-2-4-8-12(10)13-11;/h1,3-8H;. The summed E-state index contributed by atoms with van der Waals surface area (Å²) in [6.45, 7) is 0. The predicted octanol–water partition coefficient (Wildman–Crippen LogP) is 2.38. The Morgan fingerprint density at radius 1 is 0.857 bits per heavy atom. The van der Waals surface area contributed by atoms with Crippen LogP contribution in [-0.4, -0.2) is 17.7 Å². The van der Waals surface area contributed by atoms with E-state index in [0.29, 0.717) is 0 Å². The molecule has 0 aliphatic carbocycles. The minimum absolute atomic E-state index is 0.966. The van der Waals surface area contributed by atoms with Gasteiger partial charge in [0.05, 0.1) is 0 Å². The van der Waals surface area contributed by atoms with E-state index in [2.05, 4.69) is 35.9 Å². The van der Waals surface area contributed by atoms with Crippen LogP contribution in [0.5, 0.6) is 0 Å². The van der Waals surface area contributed by atoms with Crippen molar-refractivity contribution < 1.29 is 4.42 Å². The van der Waals surface area contributed by atoms with Gasteiger partial charge >= 0.3 is 90.8 Å². The monoisotopic (exact) mass is 174 g/mol.